The van der Waals surface area contributed by atoms with E-state index in [2.05, 4.69) is 36.0 Å². The molecule has 0 radical (unpaired) electrons. The first-order chi connectivity index (χ1) is 8.90. The topological polar surface area (TPSA) is 61.6 Å². The number of carbonyl (C=O) groups excluding carboxylic acids is 1. The fourth-order valence-corrected chi connectivity index (χ4v) is 2.43. The number of piperazine rings is 1. The summed E-state index contributed by atoms with van der Waals surface area (Å²) >= 11 is 0. The van der Waals surface area contributed by atoms with E-state index in [0.29, 0.717) is 13.1 Å². The number of nitrogens with zero attached hydrogens (tertiary/aromatic N) is 2. The van der Waals surface area contributed by atoms with Crippen LogP contribution in [0.4, 0.5) is 0 Å². The quantitative estimate of drug-likeness (QED) is 0.719. The Hall–Kier alpha value is -0.650. The predicted molar refractivity (Wildman–Crippen MR) is 79.0 cm³/mol. The lowest BCUT2D eigenvalue weighted by Crippen LogP contribution is -2.58. The molecule has 5 nitrogen and oxygen atoms in total. The monoisotopic (exact) mass is 270 g/mol. The second-order valence-corrected chi connectivity index (χ2v) is 6.16. The van der Waals surface area contributed by atoms with Gasteiger partial charge >= 0.3 is 0 Å². The number of amides is 1. The number of hydrogen-bond donors (Lipinski definition) is 2. The lowest BCUT2D eigenvalue weighted by atomic mass is 10.00. The van der Waals surface area contributed by atoms with E-state index in [0.717, 1.165) is 32.6 Å². The minimum atomic E-state index is -0.0525. The minimum Gasteiger partial charge on any atom is -0.354 e. The summed E-state index contributed by atoms with van der Waals surface area (Å²) in [6.45, 7) is 11.8. The second kappa shape index (κ2) is 7.22. The zero-order valence-corrected chi connectivity index (χ0v) is 12.9. The first-order valence-electron chi connectivity index (χ1n) is 7.32. The highest BCUT2D eigenvalue weighted by Crippen LogP contribution is 2.16. The average Bonchev–Trinajstić information content (AvgIpc) is 2.38. The molecule has 0 saturated carbocycles. The molecule has 5 heteroatoms. The van der Waals surface area contributed by atoms with Gasteiger partial charge in [0.05, 0.1) is 0 Å². The van der Waals surface area contributed by atoms with Crippen molar-refractivity contribution in [2.75, 3.05) is 46.3 Å². The van der Waals surface area contributed by atoms with Gasteiger partial charge in [-0.15, -0.1) is 0 Å². The molecule has 0 aliphatic carbocycles. The molecule has 19 heavy (non-hydrogen) atoms. The van der Waals surface area contributed by atoms with Gasteiger partial charge < -0.3 is 16.0 Å². The van der Waals surface area contributed by atoms with Crippen LogP contribution >= 0.6 is 0 Å². The zero-order valence-electron chi connectivity index (χ0n) is 12.9. The number of nitrogens with two attached hydrogens (primary N) is 1. The summed E-state index contributed by atoms with van der Waals surface area (Å²) in [4.78, 5) is 16.8. The van der Waals surface area contributed by atoms with Crippen molar-refractivity contribution < 1.29 is 4.79 Å². The van der Waals surface area contributed by atoms with Crippen molar-refractivity contribution in [1.29, 1.82) is 0 Å². The van der Waals surface area contributed by atoms with Crippen LogP contribution in [-0.2, 0) is 4.79 Å². The number of carbonyl (C=O) groups is 1. The third-order valence-electron chi connectivity index (χ3n) is 4.20. The van der Waals surface area contributed by atoms with E-state index in [-0.39, 0.29) is 17.4 Å². The molecule has 1 aliphatic heterocycles. The lowest BCUT2D eigenvalue weighted by molar-refractivity contribution is -0.125. The lowest BCUT2D eigenvalue weighted by Gasteiger charge is -2.43. The Morgan fingerprint density at radius 1 is 1.32 bits per heavy atom. The zero-order chi connectivity index (χ0) is 14.5. The summed E-state index contributed by atoms with van der Waals surface area (Å²) in [5.74, 6) is 0.0375. The molecular formula is C14H30N4O. The largest absolute Gasteiger partial charge is 0.354 e. The van der Waals surface area contributed by atoms with Crippen LogP contribution in [0.1, 0.15) is 27.2 Å². The van der Waals surface area contributed by atoms with Gasteiger partial charge in [-0.2, -0.15) is 0 Å². The standard InChI is InChI=1S/C14H30N4O/c1-5-12(10-15)13(19)16-11-14(2,3)18-8-6-17(4)7-9-18/h12H,5-11,15H2,1-4H3,(H,16,19). The highest BCUT2D eigenvalue weighted by Gasteiger charge is 2.30. The van der Waals surface area contributed by atoms with Crippen LogP contribution in [0, 0.1) is 5.92 Å². The van der Waals surface area contributed by atoms with Gasteiger partial charge in [0, 0.05) is 50.7 Å². The summed E-state index contributed by atoms with van der Waals surface area (Å²) in [6, 6.07) is 0. The molecule has 112 valence electrons. The first kappa shape index (κ1) is 16.4. The maximum Gasteiger partial charge on any atom is 0.224 e. The molecule has 0 aromatic carbocycles. The van der Waals surface area contributed by atoms with Crippen molar-refractivity contribution in [3.05, 3.63) is 0 Å². The third-order valence-corrected chi connectivity index (χ3v) is 4.20. The molecule has 3 N–H and O–H groups in total. The maximum atomic E-state index is 12.0. The highest BCUT2D eigenvalue weighted by atomic mass is 16.1. The van der Waals surface area contributed by atoms with E-state index < -0.39 is 0 Å². The van der Waals surface area contributed by atoms with Crippen molar-refractivity contribution in [2.24, 2.45) is 11.7 Å². The summed E-state index contributed by atoms with van der Waals surface area (Å²) in [5.41, 5.74) is 5.61. The molecule has 1 fully saturated rings. The van der Waals surface area contributed by atoms with Gasteiger partial charge in [-0.1, -0.05) is 6.92 Å². The van der Waals surface area contributed by atoms with Gasteiger partial charge in [0.15, 0.2) is 0 Å². The van der Waals surface area contributed by atoms with Crippen molar-refractivity contribution in [3.63, 3.8) is 0 Å². The van der Waals surface area contributed by atoms with E-state index >= 15 is 0 Å². The molecule has 0 spiro atoms. The van der Waals surface area contributed by atoms with Gasteiger partial charge in [-0.05, 0) is 27.3 Å². The summed E-state index contributed by atoms with van der Waals surface area (Å²) < 4.78 is 0. The summed E-state index contributed by atoms with van der Waals surface area (Å²) in [7, 11) is 2.15. The van der Waals surface area contributed by atoms with E-state index in [9.17, 15) is 4.79 Å². The molecule has 1 atom stereocenters. The van der Waals surface area contributed by atoms with Crippen LogP contribution in [0.25, 0.3) is 0 Å². The molecule has 1 rings (SSSR count). The molecule has 0 aromatic heterocycles. The van der Waals surface area contributed by atoms with Crippen molar-refractivity contribution in [2.45, 2.75) is 32.7 Å². The molecule has 1 aliphatic rings. The normalized spacial score (nSPS) is 20.3. The van der Waals surface area contributed by atoms with Crippen LogP contribution in [0.2, 0.25) is 0 Å². The van der Waals surface area contributed by atoms with Crippen LogP contribution in [-0.4, -0.2) is 67.6 Å². The number of nitrogens with one attached hydrogen (secondary N) is 1. The van der Waals surface area contributed by atoms with Gasteiger partial charge in [0.25, 0.3) is 0 Å². The Morgan fingerprint density at radius 2 is 1.89 bits per heavy atom. The van der Waals surface area contributed by atoms with Gasteiger partial charge in [0.2, 0.25) is 5.91 Å². The molecule has 1 saturated heterocycles. The first-order valence-corrected chi connectivity index (χ1v) is 7.32. The Labute approximate surface area is 117 Å². The number of rotatable bonds is 6. The van der Waals surface area contributed by atoms with Crippen LogP contribution < -0.4 is 11.1 Å². The second-order valence-electron chi connectivity index (χ2n) is 6.16. The summed E-state index contributed by atoms with van der Waals surface area (Å²) in [5, 5.41) is 3.06. The highest BCUT2D eigenvalue weighted by molar-refractivity contribution is 5.78. The van der Waals surface area contributed by atoms with Crippen LogP contribution in [0.3, 0.4) is 0 Å². The molecular weight excluding hydrogens is 240 g/mol. The number of hydrogen-bond acceptors (Lipinski definition) is 4. The van der Waals surface area contributed by atoms with Gasteiger partial charge in [0.1, 0.15) is 0 Å². The van der Waals surface area contributed by atoms with Gasteiger partial charge in [-0.25, -0.2) is 0 Å². The van der Waals surface area contributed by atoms with Crippen molar-refractivity contribution in [1.82, 2.24) is 15.1 Å². The Morgan fingerprint density at radius 3 is 2.37 bits per heavy atom. The summed E-state index contributed by atoms with van der Waals surface area (Å²) in [6.07, 6.45) is 0.803. The SMILES string of the molecule is CCC(CN)C(=O)NCC(C)(C)N1CCN(C)CC1. The van der Waals surface area contributed by atoms with Crippen LogP contribution in [0.5, 0.6) is 0 Å². The van der Waals surface area contributed by atoms with Crippen molar-refractivity contribution >= 4 is 5.91 Å². The molecule has 1 unspecified atom stereocenters. The molecule has 1 heterocycles. The van der Waals surface area contributed by atoms with Crippen LogP contribution in [0.15, 0.2) is 0 Å². The molecule has 0 aromatic rings. The van der Waals surface area contributed by atoms with Crippen molar-refractivity contribution in [3.8, 4) is 0 Å². The number of likely N-dealkylation sites (N-methyl/N-ethyl adjacent to an activating group) is 1. The van der Waals surface area contributed by atoms with Gasteiger partial charge in [-0.3, -0.25) is 9.69 Å². The smallest absolute Gasteiger partial charge is 0.224 e. The average molecular weight is 270 g/mol. The molecule has 1 amide bonds. The fourth-order valence-electron chi connectivity index (χ4n) is 2.43. The molecule has 0 bridgehead atoms. The Balaban J connectivity index is 2.44. The Kier molecular flexibility index (Phi) is 6.23. The predicted octanol–water partition coefficient (Wildman–Crippen LogP) is 0.114. The minimum absolute atomic E-state index is 0.00378. The fraction of sp³-hybridized carbons (Fsp3) is 0.929. The van der Waals surface area contributed by atoms with E-state index in [1.54, 1.807) is 0 Å². The third kappa shape index (κ3) is 4.75. The maximum absolute atomic E-state index is 12.0. The van der Waals surface area contributed by atoms with E-state index in [1.807, 2.05) is 6.92 Å². The van der Waals surface area contributed by atoms with E-state index in [4.69, 9.17) is 5.73 Å². The Bertz CT molecular complexity index is 281. The van der Waals surface area contributed by atoms with E-state index in [1.165, 1.54) is 0 Å².